The second kappa shape index (κ2) is 8.24. The SMILES string of the molecule is N=C(N)c1ccc2c(c1)nc(COc1ccccc1)n2CC(=O)c1nc2ccccc2s1. The molecule has 0 aliphatic rings. The van der Waals surface area contributed by atoms with E-state index in [0.29, 0.717) is 27.7 Å². The predicted molar refractivity (Wildman–Crippen MR) is 125 cm³/mol. The van der Waals surface area contributed by atoms with Gasteiger partial charge in [-0.05, 0) is 42.5 Å². The van der Waals surface area contributed by atoms with E-state index in [1.165, 1.54) is 11.3 Å². The fraction of sp³-hybridized carbons (Fsp3) is 0.0833. The van der Waals surface area contributed by atoms with Gasteiger partial charge in [-0.3, -0.25) is 10.2 Å². The summed E-state index contributed by atoms with van der Waals surface area (Å²) in [6.07, 6.45) is 0. The Labute approximate surface area is 187 Å². The number of hydrogen-bond acceptors (Lipinski definition) is 6. The molecule has 0 spiro atoms. The molecule has 0 aliphatic carbocycles. The second-order valence-electron chi connectivity index (χ2n) is 7.24. The third-order valence-corrected chi connectivity index (χ3v) is 6.16. The van der Waals surface area contributed by atoms with E-state index in [0.717, 1.165) is 15.7 Å². The molecule has 0 saturated carbocycles. The summed E-state index contributed by atoms with van der Waals surface area (Å²) in [5.41, 5.74) is 8.46. The number of nitrogens with zero attached hydrogens (tertiary/aromatic N) is 3. The maximum Gasteiger partial charge on any atom is 0.211 e. The number of nitrogens with two attached hydrogens (primary N) is 1. The summed E-state index contributed by atoms with van der Waals surface area (Å²) in [6, 6.07) is 22.5. The van der Waals surface area contributed by atoms with Crippen molar-refractivity contribution < 1.29 is 9.53 Å². The Hall–Kier alpha value is -4.04. The number of thiazole rings is 1. The minimum atomic E-state index is -0.0953. The molecule has 3 aromatic carbocycles. The number of carbonyl (C=O) groups excluding carboxylic acids is 1. The van der Waals surface area contributed by atoms with Crippen LogP contribution in [-0.4, -0.2) is 26.2 Å². The largest absolute Gasteiger partial charge is 0.486 e. The van der Waals surface area contributed by atoms with Crippen LogP contribution in [0.2, 0.25) is 0 Å². The average molecular weight is 442 g/mol. The molecular formula is C24H19N5O2S. The number of ether oxygens (including phenoxy) is 1. The highest BCUT2D eigenvalue weighted by Crippen LogP contribution is 2.24. The number of fused-ring (bicyclic) bond motifs is 2. The minimum Gasteiger partial charge on any atom is -0.486 e. The van der Waals surface area contributed by atoms with Gasteiger partial charge in [0.2, 0.25) is 5.78 Å². The molecule has 2 heterocycles. The number of carbonyl (C=O) groups is 1. The first-order valence-corrected chi connectivity index (χ1v) is 10.8. The Bertz CT molecular complexity index is 1420. The summed E-state index contributed by atoms with van der Waals surface area (Å²) in [6.45, 7) is 0.282. The monoisotopic (exact) mass is 441 g/mol. The van der Waals surface area contributed by atoms with Crippen LogP contribution in [0.4, 0.5) is 0 Å². The van der Waals surface area contributed by atoms with E-state index in [4.69, 9.17) is 15.9 Å². The highest BCUT2D eigenvalue weighted by Gasteiger charge is 2.19. The lowest BCUT2D eigenvalue weighted by Crippen LogP contribution is -2.14. The molecule has 0 aliphatic heterocycles. The highest BCUT2D eigenvalue weighted by atomic mass is 32.1. The number of amidine groups is 1. The van der Waals surface area contributed by atoms with E-state index in [-0.39, 0.29) is 24.8 Å². The molecule has 2 aromatic heterocycles. The van der Waals surface area contributed by atoms with Crippen LogP contribution in [0.5, 0.6) is 5.75 Å². The molecule has 0 atom stereocenters. The van der Waals surface area contributed by atoms with Crippen LogP contribution in [0.1, 0.15) is 21.2 Å². The number of benzene rings is 3. The summed E-state index contributed by atoms with van der Waals surface area (Å²) in [7, 11) is 0. The first kappa shape index (κ1) is 19.9. The molecule has 7 nitrogen and oxygen atoms in total. The number of aromatic nitrogens is 3. The third kappa shape index (κ3) is 3.83. The molecule has 0 unspecified atom stereocenters. The number of nitrogen functional groups attached to an aromatic ring is 1. The number of rotatable bonds is 7. The van der Waals surface area contributed by atoms with Crippen LogP contribution in [0, 0.1) is 5.41 Å². The maximum atomic E-state index is 13.1. The normalized spacial score (nSPS) is 11.1. The van der Waals surface area contributed by atoms with Gasteiger partial charge in [-0.25, -0.2) is 9.97 Å². The number of ketones is 1. The van der Waals surface area contributed by atoms with E-state index in [1.807, 2.05) is 65.2 Å². The van der Waals surface area contributed by atoms with Gasteiger partial charge in [-0.15, -0.1) is 11.3 Å². The van der Waals surface area contributed by atoms with Crippen molar-refractivity contribution in [2.75, 3.05) is 0 Å². The third-order valence-electron chi connectivity index (χ3n) is 5.08. The van der Waals surface area contributed by atoms with Crippen LogP contribution in [-0.2, 0) is 13.2 Å². The van der Waals surface area contributed by atoms with Crippen molar-refractivity contribution >= 4 is 44.2 Å². The van der Waals surface area contributed by atoms with Crippen LogP contribution in [0.25, 0.3) is 21.3 Å². The molecule has 0 amide bonds. The van der Waals surface area contributed by atoms with E-state index in [9.17, 15) is 4.79 Å². The van der Waals surface area contributed by atoms with Gasteiger partial charge in [0.1, 0.15) is 24.0 Å². The van der Waals surface area contributed by atoms with E-state index in [2.05, 4.69) is 9.97 Å². The average Bonchev–Trinajstić information content (AvgIpc) is 3.39. The zero-order chi connectivity index (χ0) is 22.1. The molecule has 5 rings (SSSR count). The van der Waals surface area contributed by atoms with Crippen LogP contribution in [0.15, 0.2) is 72.8 Å². The van der Waals surface area contributed by atoms with Crippen molar-refractivity contribution in [1.29, 1.82) is 5.41 Å². The molecule has 5 aromatic rings. The van der Waals surface area contributed by atoms with Crippen molar-refractivity contribution in [2.45, 2.75) is 13.2 Å². The first-order chi connectivity index (χ1) is 15.6. The van der Waals surface area contributed by atoms with Gasteiger partial charge in [0, 0.05) is 5.56 Å². The summed E-state index contributed by atoms with van der Waals surface area (Å²) < 4.78 is 8.72. The number of para-hydroxylation sites is 2. The molecular weight excluding hydrogens is 422 g/mol. The molecule has 0 saturated heterocycles. The second-order valence-corrected chi connectivity index (χ2v) is 8.27. The summed E-state index contributed by atoms with van der Waals surface area (Å²) in [5.74, 6) is 1.20. The predicted octanol–water partition coefficient (Wildman–Crippen LogP) is 4.39. The molecule has 0 radical (unpaired) electrons. The Morgan fingerprint density at radius 2 is 1.78 bits per heavy atom. The molecule has 8 heteroatoms. The Morgan fingerprint density at radius 3 is 2.56 bits per heavy atom. The standard InChI is InChI=1S/C24H19N5O2S/c25-23(26)15-10-11-19-18(12-15)27-22(14-31-16-6-2-1-3-7-16)29(19)13-20(30)24-28-17-8-4-5-9-21(17)32-24/h1-12H,13-14H2,(H3,25,26). The quantitative estimate of drug-likeness (QED) is 0.221. The van der Waals surface area contributed by atoms with Gasteiger partial charge in [-0.2, -0.15) is 0 Å². The van der Waals surface area contributed by atoms with Gasteiger partial charge in [0.25, 0.3) is 0 Å². The number of hydrogen-bond donors (Lipinski definition) is 2. The molecule has 158 valence electrons. The molecule has 0 fully saturated rings. The van der Waals surface area contributed by atoms with Crippen LogP contribution >= 0.6 is 11.3 Å². The van der Waals surface area contributed by atoms with Gasteiger partial charge in [0.05, 0.1) is 27.8 Å². The number of Topliss-reactive ketones (excluding diaryl/α,β-unsaturated/α-hetero) is 1. The van der Waals surface area contributed by atoms with E-state index < -0.39 is 0 Å². The van der Waals surface area contributed by atoms with Gasteiger partial charge < -0.3 is 15.0 Å². The Kier molecular flexibility index (Phi) is 5.12. The number of imidazole rings is 1. The van der Waals surface area contributed by atoms with Crippen molar-refractivity contribution in [3.8, 4) is 5.75 Å². The van der Waals surface area contributed by atoms with Gasteiger partial charge in [-0.1, -0.05) is 30.3 Å². The van der Waals surface area contributed by atoms with E-state index in [1.54, 1.807) is 12.1 Å². The number of nitrogens with one attached hydrogen (secondary N) is 1. The summed E-state index contributed by atoms with van der Waals surface area (Å²) in [4.78, 5) is 22.3. The van der Waals surface area contributed by atoms with Crippen LogP contribution in [0.3, 0.4) is 0 Å². The molecule has 32 heavy (non-hydrogen) atoms. The zero-order valence-electron chi connectivity index (χ0n) is 17.0. The molecule has 3 N–H and O–H groups in total. The Balaban J connectivity index is 1.51. The lowest BCUT2D eigenvalue weighted by Gasteiger charge is -2.09. The van der Waals surface area contributed by atoms with E-state index >= 15 is 0 Å². The lowest BCUT2D eigenvalue weighted by molar-refractivity contribution is 0.0971. The highest BCUT2D eigenvalue weighted by molar-refractivity contribution is 7.20. The minimum absolute atomic E-state index is 0.0333. The fourth-order valence-corrected chi connectivity index (χ4v) is 4.40. The van der Waals surface area contributed by atoms with Crippen molar-refractivity contribution in [3.05, 3.63) is 89.2 Å². The zero-order valence-corrected chi connectivity index (χ0v) is 17.8. The van der Waals surface area contributed by atoms with Gasteiger partial charge >= 0.3 is 0 Å². The van der Waals surface area contributed by atoms with Crippen molar-refractivity contribution in [2.24, 2.45) is 5.73 Å². The fourth-order valence-electron chi connectivity index (χ4n) is 3.50. The first-order valence-electron chi connectivity index (χ1n) is 9.98. The van der Waals surface area contributed by atoms with Crippen molar-refractivity contribution in [3.63, 3.8) is 0 Å². The van der Waals surface area contributed by atoms with Gasteiger partial charge in [0.15, 0.2) is 5.01 Å². The lowest BCUT2D eigenvalue weighted by atomic mass is 10.2. The smallest absolute Gasteiger partial charge is 0.211 e. The summed E-state index contributed by atoms with van der Waals surface area (Å²) in [5, 5.41) is 8.16. The molecule has 0 bridgehead atoms. The maximum absolute atomic E-state index is 13.1. The van der Waals surface area contributed by atoms with Crippen LogP contribution < -0.4 is 10.5 Å². The topological polar surface area (TPSA) is 107 Å². The summed E-state index contributed by atoms with van der Waals surface area (Å²) >= 11 is 1.38. The van der Waals surface area contributed by atoms with Crippen molar-refractivity contribution in [1.82, 2.24) is 14.5 Å². The Morgan fingerprint density at radius 1 is 1.00 bits per heavy atom.